The Hall–Kier alpha value is -1.98. The Balaban J connectivity index is 1.90. The van der Waals surface area contributed by atoms with Crippen LogP contribution in [0.1, 0.15) is 20.3 Å². The van der Waals surface area contributed by atoms with Crippen LogP contribution in [-0.2, 0) is 34.2 Å². The first-order valence-electron chi connectivity index (χ1n) is 8.79. The third kappa shape index (κ3) is 5.76. The molecule has 0 spiro atoms. The van der Waals surface area contributed by atoms with Crippen molar-refractivity contribution in [3.8, 4) is 0 Å². The van der Waals surface area contributed by atoms with Gasteiger partial charge < -0.3 is 9.64 Å². The lowest BCUT2D eigenvalue weighted by Crippen LogP contribution is -2.45. The van der Waals surface area contributed by atoms with Crippen molar-refractivity contribution in [1.29, 1.82) is 0 Å². The first-order chi connectivity index (χ1) is 13.1. The van der Waals surface area contributed by atoms with E-state index in [1.54, 1.807) is 25.1 Å². The molecule has 0 aliphatic carbocycles. The maximum absolute atomic E-state index is 12.3. The molecule has 0 saturated carbocycles. The van der Waals surface area contributed by atoms with Crippen LogP contribution in [0.15, 0.2) is 35.2 Å². The van der Waals surface area contributed by atoms with Crippen LogP contribution in [-0.4, -0.2) is 70.4 Å². The number of carbonyl (C=O) groups excluding carboxylic acids is 2. The van der Waals surface area contributed by atoms with Gasteiger partial charge >= 0.3 is 5.97 Å². The van der Waals surface area contributed by atoms with Crippen molar-refractivity contribution in [1.82, 2.24) is 9.62 Å². The average Bonchev–Trinajstić information content (AvgIpc) is 3.00. The van der Waals surface area contributed by atoms with E-state index in [0.29, 0.717) is 6.42 Å². The molecule has 156 valence electrons. The van der Waals surface area contributed by atoms with E-state index in [2.05, 4.69) is 4.72 Å². The largest absolute Gasteiger partial charge is 0.454 e. The topological polar surface area (TPSA) is 127 Å². The zero-order chi connectivity index (χ0) is 20.9. The van der Waals surface area contributed by atoms with Gasteiger partial charge in [-0.2, -0.15) is 4.72 Å². The normalized spacial score (nSPS) is 19.7. The van der Waals surface area contributed by atoms with Crippen LogP contribution in [0.4, 0.5) is 0 Å². The third-order valence-electron chi connectivity index (χ3n) is 4.39. The summed E-state index contributed by atoms with van der Waals surface area (Å²) in [6.07, 6.45) is 0.350. The minimum absolute atomic E-state index is 0.00493. The molecule has 1 saturated heterocycles. The van der Waals surface area contributed by atoms with Crippen molar-refractivity contribution in [2.24, 2.45) is 0 Å². The van der Waals surface area contributed by atoms with Gasteiger partial charge in [-0.1, -0.05) is 18.2 Å². The summed E-state index contributed by atoms with van der Waals surface area (Å²) >= 11 is 0. The van der Waals surface area contributed by atoms with Crippen LogP contribution < -0.4 is 4.72 Å². The first kappa shape index (κ1) is 22.3. The number of nitrogens with zero attached hydrogens (tertiary/aromatic N) is 1. The van der Waals surface area contributed by atoms with Gasteiger partial charge in [-0.05, 0) is 32.4 Å². The lowest BCUT2D eigenvalue weighted by Gasteiger charge is -2.26. The van der Waals surface area contributed by atoms with Gasteiger partial charge in [0.15, 0.2) is 16.4 Å². The number of sulfonamides is 1. The Kier molecular flexibility index (Phi) is 7.18. The van der Waals surface area contributed by atoms with Crippen molar-refractivity contribution in [2.75, 3.05) is 24.7 Å². The number of hydrogen-bond donors (Lipinski definition) is 1. The number of rotatable bonds is 8. The van der Waals surface area contributed by atoms with Gasteiger partial charge in [0.25, 0.3) is 5.91 Å². The fourth-order valence-electron chi connectivity index (χ4n) is 2.95. The molecular formula is C17H24N2O7S2. The number of nitrogens with one attached hydrogen (secondary N) is 1. The molecule has 0 bridgehead atoms. The van der Waals surface area contributed by atoms with Crippen LogP contribution in [0.5, 0.6) is 0 Å². The van der Waals surface area contributed by atoms with Gasteiger partial charge in [-0.25, -0.2) is 16.8 Å². The maximum atomic E-state index is 12.3. The number of ether oxygens (including phenoxy) is 1. The number of esters is 1. The molecular weight excluding hydrogens is 408 g/mol. The summed E-state index contributed by atoms with van der Waals surface area (Å²) < 4.78 is 54.8. The SMILES string of the molecule is CCN(C(=O)COC(=O)[C@H](C)NS(=O)(=O)c1ccccc1)C1CCS(=O)(=O)C1. The zero-order valence-electron chi connectivity index (χ0n) is 15.7. The standard InChI is InChI=1S/C17H24N2O7S2/c1-3-19(14-9-10-27(22,23)12-14)16(20)11-26-17(21)13(2)18-28(24,25)15-7-5-4-6-8-15/h4-8,13-14,18H,3,9-12H2,1-2H3/t13-,14?/m0/s1. The Morgan fingerprint density at radius 3 is 2.46 bits per heavy atom. The highest BCUT2D eigenvalue weighted by atomic mass is 32.2. The van der Waals surface area contributed by atoms with Crippen LogP contribution in [0.2, 0.25) is 0 Å². The van der Waals surface area contributed by atoms with Crippen molar-refractivity contribution in [3.63, 3.8) is 0 Å². The van der Waals surface area contributed by atoms with E-state index in [1.807, 2.05) is 0 Å². The van der Waals surface area contributed by atoms with Crippen molar-refractivity contribution >= 4 is 31.7 Å². The molecule has 28 heavy (non-hydrogen) atoms. The highest BCUT2D eigenvalue weighted by Gasteiger charge is 2.34. The zero-order valence-corrected chi connectivity index (χ0v) is 17.3. The Bertz CT molecular complexity index is 914. The number of hydrogen-bond acceptors (Lipinski definition) is 7. The minimum Gasteiger partial charge on any atom is -0.454 e. The summed E-state index contributed by atoms with van der Waals surface area (Å²) in [5, 5.41) is 0. The van der Waals surface area contributed by atoms with E-state index in [-0.39, 0.29) is 22.9 Å². The van der Waals surface area contributed by atoms with Crippen LogP contribution in [0.3, 0.4) is 0 Å². The summed E-state index contributed by atoms with van der Waals surface area (Å²) in [5.74, 6) is -1.49. The van der Waals surface area contributed by atoms with Gasteiger partial charge in [-0.15, -0.1) is 0 Å². The molecule has 1 aliphatic heterocycles. The fraction of sp³-hybridized carbons (Fsp3) is 0.529. The van der Waals surface area contributed by atoms with Crippen molar-refractivity contribution < 1.29 is 31.2 Å². The summed E-state index contributed by atoms with van der Waals surface area (Å²) in [5.41, 5.74) is 0. The molecule has 1 amide bonds. The predicted molar refractivity (Wildman–Crippen MR) is 102 cm³/mol. The van der Waals surface area contributed by atoms with Crippen LogP contribution in [0.25, 0.3) is 0 Å². The summed E-state index contributed by atoms with van der Waals surface area (Å²) in [6, 6.07) is 5.92. The Morgan fingerprint density at radius 1 is 1.29 bits per heavy atom. The summed E-state index contributed by atoms with van der Waals surface area (Å²) in [6.45, 7) is 2.73. The molecule has 1 unspecified atom stereocenters. The van der Waals surface area contributed by atoms with E-state index in [0.717, 1.165) is 0 Å². The lowest BCUT2D eigenvalue weighted by atomic mass is 10.2. The molecule has 2 rings (SSSR count). The number of likely N-dealkylation sites (N-methyl/N-ethyl adjacent to an activating group) is 1. The summed E-state index contributed by atoms with van der Waals surface area (Å²) in [4.78, 5) is 25.8. The highest BCUT2D eigenvalue weighted by Crippen LogP contribution is 2.18. The van der Waals surface area contributed by atoms with E-state index >= 15 is 0 Å². The van der Waals surface area contributed by atoms with Gasteiger partial charge in [-0.3, -0.25) is 9.59 Å². The molecule has 1 heterocycles. The van der Waals surface area contributed by atoms with Gasteiger partial charge in [0.2, 0.25) is 10.0 Å². The molecule has 1 fully saturated rings. The van der Waals surface area contributed by atoms with E-state index < -0.39 is 50.4 Å². The molecule has 0 aromatic heterocycles. The fourth-order valence-corrected chi connectivity index (χ4v) is 5.89. The minimum atomic E-state index is -3.90. The maximum Gasteiger partial charge on any atom is 0.324 e. The second kappa shape index (κ2) is 9.01. The second-order valence-corrected chi connectivity index (χ2v) is 10.4. The molecule has 1 aromatic rings. The first-order valence-corrected chi connectivity index (χ1v) is 12.1. The van der Waals surface area contributed by atoms with E-state index in [1.165, 1.54) is 24.0 Å². The number of carbonyl (C=O) groups is 2. The van der Waals surface area contributed by atoms with Crippen LogP contribution >= 0.6 is 0 Å². The van der Waals surface area contributed by atoms with Crippen molar-refractivity contribution in [3.05, 3.63) is 30.3 Å². The number of sulfone groups is 1. The van der Waals surface area contributed by atoms with Crippen molar-refractivity contribution in [2.45, 2.75) is 37.2 Å². The predicted octanol–water partition coefficient (Wildman–Crippen LogP) is -0.0678. The monoisotopic (exact) mass is 432 g/mol. The molecule has 0 radical (unpaired) electrons. The van der Waals surface area contributed by atoms with Gasteiger partial charge in [0, 0.05) is 12.6 Å². The molecule has 11 heteroatoms. The molecule has 9 nitrogen and oxygen atoms in total. The highest BCUT2D eigenvalue weighted by molar-refractivity contribution is 7.91. The molecule has 1 N–H and O–H groups in total. The van der Waals surface area contributed by atoms with E-state index in [9.17, 15) is 26.4 Å². The van der Waals surface area contributed by atoms with Gasteiger partial charge in [0.1, 0.15) is 6.04 Å². The van der Waals surface area contributed by atoms with E-state index in [4.69, 9.17) is 4.74 Å². The molecule has 1 aromatic carbocycles. The molecule has 1 aliphatic rings. The van der Waals surface area contributed by atoms with Gasteiger partial charge in [0.05, 0.1) is 16.4 Å². The molecule has 2 atom stereocenters. The number of benzene rings is 1. The average molecular weight is 433 g/mol. The van der Waals surface area contributed by atoms with Crippen LogP contribution in [0, 0.1) is 0 Å². The Labute approximate surface area is 165 Å². The Morgan fingerprint density at radius 2 is 1.93 bits per heavy atom. The third-order valence-corrected chi connectivity index (χ3v) is 7.69. The number of amides is 1. The smallest absolute Gasteiger partial charge is 0.324 e. The second-order valence-electron chi connectivity index (χ2n) is 6.50. The lowest BCUT2D eigenvalue weighted by molar-refractivity contribution is -0.153. The quantitative estimate of drug-likeness (QED) is 0.570. The summed E-state index contributed by atoms with van der Waals surface area (Å²) in [7, 11) is -7.06.